The molecule has 1 aromatic carbocycles. The maximum atomic E-state index is 12.7. The van der Waals surface area contributed by atoms with Crippen molar-refractivity contribution in [3.8, 4) is 11.5 Å². The van der Waals surface area contributed by atoms with Gasteiger partial charge < -0.3 is 19.7 Å². The van der Waals surface area contributed by atoms with Crippen LogP contribution in [-0.2, 0) is 0 Å². The largest absolute Gasteiger partial charge is 0.493 e. The smallest absolute Gasteiger partial charge is 0.387 e. The normalized spacial score (nSPS) is 15.8. The van der Waals surface area contributed by atoms with Gasteiger partial charge in [-0.2, -0.15) is 8.78 Å². The number of para-hydroxylation sites is 1. The van der Waals surface area contributed by atoms with Crippen LogP contribution in [0.1, 0.15) is 23.2 Å². The van der Waals surface area contributed by atoms with Crippen LogP contribution >= 0.6 is 0 Å². The van der Waals surface area contributed by atoms with Gasteiger partial charge in [0.1, 0.15) is 0 Å². The first-order chi connectivity index (χ1) is 11.1. The lowest BCUT2D eigenvalue weighted by Crippen LogP contribution is -2.40. The molecule has 0 saturated carbocycles. The van der Waals surface area contributed by atoms with Crippen LogP contribution in [-0.4, -0.2) is 51.2 Å². The number of piperidine rings is 1. The first kappa shape index (κ1) is 17.5. The van der Waals surface area contributed by atoms with E-state index in [1.165, 1.54) is 19.2 Å². The molecule has 0 atom stereocenters. The minimum atomic E-state index is -3.01. The molecule has 5 nitrogen and oxygen atoms in total. The van der Waals surface area contributed by atoms with Gasteiger partial charge in [-0.3, -0.25) is 4.79 Å². The Bertz CT molecular complexity index is 532. The average molecular weight is 328 g/mol. The third-order valence-corrected chi connectivity index (χ3v) is 4.03. The molecule has 1 N–H and O–H groups in total. The topological polar surface area (TPSA) is 50.8 Å². The molecule has 23 heavy (non-hydrogen) atoms. The standard InChI is InChI=1S/C16H22F2N2O3/c1-19-10-11-6-8-20(9-7-11)15(21)12-4-3-5-13(22-2)14(12)23-16(17)18/h3-5,11,16,19H,6-10H2,1-2H3. The number of amides is 1. The van der Waals surface area contributed by atoms with Gasteiger partial charge in [0, 0.05) is 13.1 Å². The van der Waals surface area contributed by atoms with Gasteiger partial charge in [-0.1, -0.05) is 6.07 Å². The molecule has 1 saturated heterocycles. The van der Waals surface area contributed by atoms with Crippen LogP contribution < -0.4 is 14.8 Å². The zero-order valence-electron chi connectivity index (χ0n) is 13.4. The summed E-state index contributed by atoms with van der Waals surface area (Å²) in [5.74, 6) is 0.155. The van der Waals surface area contributed by atoms with Crippen molar-refractivity contribution < 1.29 is 23.0 Å². The van der Waals surface area contributed by atoms with Crippen LogP contribution in [0.25, 0.3) is 0 Å². The van der Waals surface area contributed by atoms with Crippen molar-refractivity contribution in [3.63, 3.8) is 0 Å². The molecule has 1 aliphatic heterocycles. The maximum absolute atomic E-state index is 12.7. The van der Waals surface area contributed by atoms with E-state index in [9.17, 15) is 13.6 Å². The quantitative estimate of drug-likeness (QED) is 0.871. The number of alkyl halides is 2. The number of ether oxygens (including phenoxy) is 2. The van der Waals surface area contributed by atoms with Crippen LogP contribution in [0.15, 0.2) is 18.2 Å². The van der Waals surface area contributed by atoms with Crippen LogP contribution in [0, 0.1) is 5.92 Å². The van der Waals surface area contributed by atoms with Gasteiger partial charge in [-0.15, -0.1) is 0 Å². The number of nitrogens with one attached hydrogen (secondary N) is 1. The first-order valence-electron chi connectivity index (χ1n) is 7.62. The SMILES string of the molecule is CNCC1CCN(C(=O)c2cccc(OC)c2OC(F)F)CC1. The van der Waals surface area contributed by atoms with Gasteiger partial charge >= 0.3 is 6.61 Å². The van der Waals surface area contributed by atoms with Crippen molar-refractivity contribution in [1.82, 2.24) is 10.2 Å². The third kappa shape index (κ3) is 4.31. The number of hydrogen-bond donors (Lipinski definition) is 1. The lowest BCUT2D eigenvalue weighted by atomic mass is 9.96. The number of carbonyl (C=O) groups excluding carboxylic acids is 1. The molecule has 2 rings (SSSR count). The highest BCUT2D eigenvalue weighted by Gasteiger charge is 2.27. The lowest BCUT2D eigenvalue weighted by molar-refractivity contribution is -0.0516. The van der Waals surface area contributed by atoms with Crippen molar-refractivity contribution in [1.29, 1.82) is 0 Å². The molecule has 1 amide bonds. The highest BCUT2D eigenvalue weighted by atomic mass is 19.3. The van der Waals surface area contributed by atoms with E-state index in [1.807, 2.05) is 7.05 Å². The molecule has 0 aromatic heterocycles. The van der Waals surface area contributed by atoms with E-state index in [0.29, 0.717) is 19.0 Å². The lowest BCUT2D eigenvalue weighted by Gasteiger charge is -2.32. The number of methoxy groups -OCH3 is 1. The molecule has 0 bridgehead atoms. The fourth-order valence-electron chi connectivity index (χ4n) is 2.85. The van der Waals surface area contributed by atoms with Crippen molar-refractivity contribution in [3.05, 3.63) is 23.8 Å². The fraction of sp³-hybridized carbons (Fsp3) is 0.562. The van der Waals surface area contributed by atoms with E-state index < -0.39 is 6.61 Å². The highest BCUT2D eigenvalue weighted by molar-refractivity contribution is 5.97. The maximum Gasteiger partial charge on any atom is 0.387 e. The average Bonchev–Trinajstić information content (AvgIpc) is 2.55. The summed E-state index contributed by atoms with van der Waals surface area (Å²) in [4.78, 5) is 14.3. The summed E-state index contributed by atoms with van der Waals surface area (Å²) in [5.41, 5.74) is 0.108. The third-order valence-electron chi connectivity index (χ3n) is 4.03. The van der Waals surface area contributed by atoms with Gasteiger partial charge in [-0.05, 0) is 44.5 Å². The molecule has 0 radical (unpaired) electrons. The molecule has 0 unspecified atom stereocenters. The predicted molar refractivity (Wildman–Crippen MR) is 82.2 cm³/mol. The highest BCUT2D eigenvalue weighted by Crippen LogP contribution is 2.33. The molecule has 1 aliphatic rings. The zero-order chi connectivity index (χ0) is 16.8. The number of nitrogens with zero attached hydrogens (tertiary/aromatic N) is 1. The van der Waals surface area contributed by atoms with E-state index in [1.54, 1.807) is 11.0 Å². The summed E-state index contributed by atoms with van der Waals surface area (Å²) in [7, 11) is 3.26. The second-order valence-corrected chi connectivity index (χ2v) is 5.51. The predicted octanol–water partition coefficient (Wildman–Crippen LogP) is 2.37. The van der Waals surface area contributed by atoms with Crippen LogP contribution in [0.4, 0.5) is 8.78 Å². The Hall–Kier alpha value is -1.89. The van der Waals surface area contributed by atoms with Crippen LogP contribution in [0.3, 0.4) is 0 Å². The van der Waals surface area contributed by atoms with Gasteiger partial charge in [-0.25, -0.2) is 0 Å². The van der Waals surface area contributed by atoms with Gasteiger partial charge in [0.2, 0.25) is 0 Å². The summed E-state index contributed by atoms with van der Waals surface area (Å²) in [6.07, 6.45) is 1.78. The zero-order valence-corrected chi connectivity index (χ0v) is 13.4. The van der Waals surface area contributed by atoms with E-state index in [-0.39, 0.29) is 23.0 Å². The van der Waals surface area contributed by atoms with E-state index in [4.69, 9.17) is 4.74 Å². The second-order valence-electron chi connectivity index (χ2n) is 5.51. The first-order valence-corrected chi connectivity index (χ1v) is 7.62. The summed E-state index contributed by atoms with van der Waals surface area (Å²) < 4.78 is 34.9. The molecule has 1 aromatic rings. The Kier molecular flexibility index (Phi) is 6.15. The van der Waals surface area contributed by atoms with Crippen LogP contribution in [0.2, 0.25) is 0 Å². The monoisotopic (exact) mass is 328 g/mol. The van der Waals surface area contributed by atoms with E-state index in [0.717, 1.165) is 19.4 Å². The summed E-state index contributed by atoms with van der Waals surface area (Å²) in [6.45, 7) is -0.882. The molecule has 0 spiro atoms. The minimum absolute atomic E-state index is 0.108. The Morgan fingerprint density at radius 3 is 2.65 bits per heavy atom. The number of likely N-dealkylation sites (tertiary alicyclic amines) is 1. The van der Waals surface area contributed by atoms with Gasteiger partial charge in [0.25, 0.3) is 5.91 Å². The number of carbonyl (C=O) groups is 1. The van der Waals surface area contributed by atoms with Gasteiger partial charge in [0.15, 0.2) is 11.5 Å². The molecular formula is C16H22F2N2O3. The van der Waals surface area contributed by atoms with Crippen LogP contribution in [0.5, 0.6) is 11.5 Å². The van der Waals surface area contributed by atoms with Crippen molar-refractivity contribution in [2.24, 2.45) is 5.92 Å². The molecule has 7 heteroatoms. The summed E-state index contributed by atoms with van der Waals surface area (Å²) in [6, 6.07) is 4.58. The Morgan fingerprint density at radius 2 is 2.09 bits per heavy atom. The fourth-order valence-corrected chi connectivity index (χ4v) is 2.85. The van der Waals surface area contributed by atoms with Crippen molar-refractivity contribution in [2.75, 3.05) is 33.8 Å². The second kappa shape index (κ2) is 8.10. The summed E-state index contributed by atoms with van der Waals surface area (Å²) >= 11 is 0. The summed E-state index contributed by atoms with van der Waals surface area (Å²) in [5, 5.41) is 3.14. The van der Waals surface area contributed by atoms with Crippen molar-refractivity contribution >= 4 is 5.91 Å². The number of rotatable bonds is 6. The molecule has 128 valence electrons. The van der Waals surface area contributed by atoms with Crippen molar-refractivity contribution in [2.45, 2.75) is 19.5 Å². The number of hydrogen-bond acceptors (Lipinski definition) is 4. The number of halogens is 2. The molecule has 0 aliphatic carbocycles. The minimum Gasteiger partial charge on any atom is -0.493 e. The van der Waals surface area contributed by atoms with E-state index in [2.05, 4.69) is 10.1 Å². The Balaban J connectivity index is 2.16. The molecule has 1 fully saturated rings. The Morgan fingerprint density at radius 1 is 1.39 bits per heavy atom. The van der Waals surface area contributed by atoms with Gasteiger partial charge in [0.05, 0.1) is 12.7 Å². The Labute approximate surface area is 134 Å². The number of benzene rings is 1. The molecule has 1 heterocycles. The molecular weight excluding hydrogens is 306 g/mol. The van der Waals surface area contributed by atoms with E-state index >= 15 is 0 Å².